The zero-order chi connectivity index (χ0) is 19.1. The van der Waals surface area contributed by atoms with Crippen molar-refractivity contribution in [3.63, 3.8) is 0 Å². The molecule has 27 heavy (non-hydrogen) atoms. The second kappa shape index (κ2) is 9.11. The molecule has 0 amide bonds. The number of rotatable bonds is 8. The van der Waals surface area contributed by atoms with Gasteiger partial charge in [-0.25, -0.2) is 0 Å². The molecule has 3 aromatic carbocycles. The number of hydrogen-bond acceptors (Lipinski definition) is 1. The van der Waals surface area contributed by atoms with E-state index in [1.807, 2.05) is 0 Å². The highest BCUT2D eigenvalue weighted by molar-refractivity contribution is 7.96. The smallest absolute Gasteiger partial charge is 0.171 e. The lowest BCUT2D eigenvalue weighted by atomic mass is 10.1. The summed E-state index contributed by atoms with van der Waals surface area (Å²) in [4.78, 5) is 13.1. The summed E-state index contributed by atoms with van der Waals surface area (Å²) in [6.07, 6.45) is 2.21. The van der Waals surface area contributed by atoms with Gasteiger partial charge in [0.05, 0.1) is 0 Å². The topological polar surface area (TPSA) is 17.1 Å². The molecule has 0 heterocycles. The molecule has 0 atom stereocenters. The van der Waals surface area contributed by atoms with Gasteiger partial charge in [-0.15, -0.1) is 0 Å². The van der Waals surface area contributed by atoms with Crippen LogP contribution in [0.15, 0.2) is 91.0 Å². The van der Waals surface area contributed by atoms with Gasteiger partial charge in [-0.3, -0.25) is 4.79 Å². The Kier molecular flexibility index (Phi) is 6.58. The van der Waals surface area contributed by atoms with Crippen molar-refractivity contribution in [1.29, 1.82) is 0 Å². The molecule has 0 aliphatic rings. The minimum absolute atomic E-state index is 0.369. The highest BCUT2D eigenvalue weighted by Crippen LogP contribution is 2.55. The first-order chi connectivity index (χ1) is 13.1. The van der Waals surface area contributed by atoms with Gasteiger partial charge in [-0.05, 0) is 48.7 Å². The normalized spacial score (nSPS) is 11.5. The molecule has 0 saturated heterocycles. The highest BCUT2D eigenvalue weighted by Gasteiger charge is 2.46. The van der Waals surface area contributed by atoms with Crippen LogP contribution in [0.5, 0.6) is 0 Å². The molecule has 2 heteroatoms. The Morgan fingerprint density at radius 1 is 0.704 bits per heavy atom. The lowest BCUT2D eigenvalue weighted by Gasteiger charge is -2.27. The largest absolute Gasteiger partial charge is 0.296 e. The standard InChI is InChI=1S/C25H28OP/c1-21(2)18-19-22(26)20-27(23-12-6-3-7-13-23,24-14-8-4-9-15-24)25-16-10-5-11-17-25/h3-17,21H,18-20H2,1-2H3/q+1. The molecule has 0 spiro atoms. The lowest BCUT2D eigenvalue weighted by Crippen LogP contribution is -2.35. The number of carbonyl (C=O) groups excluding carboxylic acids is 1. The maximum Gasteiger partial charge on any atom is 0.171 e. The van der Waals surface area contributed by atoms with Crippen LogP contribution in [-0.2, 0) is 4.79 Å². The average Bonchev–Trinajstić information content (AvgIpc) is 2.72. The van der Waals surface area contributed by atoms with Crippen LogP contribution in [-0.4, -0.2) is 11.9 Å². The van der Waals surface area contributed by atoms with Crippen molar-refractivity contribution in [3.05, 3.63) is 91.0 Å². The Morgan fingerprint density at radius 2 is 1.07 bits per heavy atom. The van der Waals surface area contributed by atoms with Gasteiger partial charge < -0.3 is 0 Å². The van der Waals surface area contributed by atoms with Gasteiger partial charge in [-0.2, -0.15) is 0 Å². The molecular weight excluding hydrogens is 347 g/mol. The Hall–Kier alpha value is -2.24. The van der Waals surface area contributed by atoms with Crippen LogP contribution in [0.4, 0.5) is 0 Å². The maximum atomic E-state index is 13.1. The van der Waals surface area contributed by atoms with E-state index in [2.05, 4.69) is 105 Å². The zero-order valence-electron chi connectivity index (χ0n) is 16.2. The van der Waals surface area contributed by atoms with E-state index in [0.29, 0.717) is 24.3 Å². The summed E-state index contributed by atoms with van der Waals surface area (Å²) in [6.45, 7) is 4.36. The number of benzene rings is 3. The molecule has 0 aromatic heterocycles. The summed E-state index contributed by atoms with van der Waals surface area (Å²) in [5.41, 5.74) is 0. The summed E-state index contributed by atoms with van der Waals surface area (Å²) < 4.78 is 0. The Labute approximate surface area is 163 Å². The van der Waals surface area contributed by atoms with Gasteiger partial charge >= 0.3 is 0 Å². The van der Waals surface area contributed by atoms with Crippen LogP contribution in [0.25, 0.3) is 0 Å². The van der Waals surface area contributed by atoms with E-state index in [9.17, 15) is 4.79 Å². The zero-order valence-corrected chi connectivity index (χ0v) is 17.1. The summed E-state index contributed by atoms with van der Waals surface area (Å²) in [5, 5.41) is 3.83. The summed E-state index contributed by atoms with van der Waals surface area (Å²) in [7, 11) is -2.02. The second-order valence-corrected chi connectivity index (χ2v) is 10.9. The monoisotopic (exact) mass is 375 g/mol. The molecule has 1 nitrogen and oxygen atoms in total. The van der Waals surface area contributed by atoms with E-state index >= 15 is 0 Å². The van der Waals surface area contributed by atoms with Crippen LogP contribution < -0.4 is 15.9 Å². The van der Waals surface area contributed by atoms with Crippen molar-refractivity contribution in [2.45, 2.75) is 26.7 Å². The van der Waals surface area contributed by atoms with Gasteiger partial charge in [0, 0.05) is 6.42 Å². The third-order valence-electron chi connectivity index (χ3n) is 5.00. The Morgan fingerprint density at radius 3 is 1.41 bits per heavy atom. The average molecular weight is 375 g/mol. The first-order valence-electron chi connectivity index (χ1n) is 9.69. The van der Waals surface area contributed by atoms with Crippen molar-refractivity contribution in [2.75, 3.05) is 6.16 Å². The maximum absolute atomic E-state index is 13.1. The molecule has 0 bridgehead atoms. The van der Waals surface area contributed by atoms with Crippen molar-refractivity contribution < 1.29 is 4.79 Å². The molecule has 0 saturated carbocycles. The van der Waals surface area contributed by atoms with E-state index in [1.165, 1.54) is 15.9 Å². The minimum atomic E-state index is -2.02. The molecule has 138 valence electrons. The van der Waals surface area contributed by atoms with E-state index in [0.717, 1.165) is 6.42 Å². The van der Waals surface area contributed by atoms with Gasteiger partial charge in [0.25, 0.3) is 0 Å². The third kappa shape index (κ3) is 4.54. The molecule has 0 radical (unpaired) electrons. The second-order valence-electron chi connectivity index (χ2n) is 7.45. The molecule has 3 rings (SSSR count). The first-order valence-corrected chi connectivity index (χ1v) is 11.7. The van der Waals surface area contributed by atoms with E-state index < -0.39 is 7.26 Å². The molecule has 0 unspecified atom stereocenters. The SMILES string of the molecule is CC(C)CCC(=O)C[P+](c1ccccc1)(c1ccccc1)c1ccccc1. The van der Waals surface area contributed by atoms with E-state index in [4.69, 9.17) is 0 Å². The number of ketones is 1. The van der Waals surface area contributed by atoms with Crippen LogP contribution >= 0.6 is 7.26 Å². The van der Waals surface area contributed by atoms with Gasteiger partial charge in [0.2, 0.25) is 0 Å². The number of Topliss-reactive ketones (excluding diaryl/α,β-unsaturated/α-hetero) is 1. The Balaban J connectivity index is 2.15. The van der Waals surface area contributed by atoms with Crippen molar-refractivity contribution in [3.8, 4) is 0 Å². The molecule has 0 aliphatic heterocycles. The predicted molar refractivity (Wildman–Crippen MR) is 119 cm³/mol. The molecule has 0 aliphatic carbocycles. The fourth-order valence-corrected chi connectivity index (χ4v) is 7.73. The molecule has 0 fully saturated rings. The summed E-state index contributed by atoms with van der Waals surface area (Å²) >= 11 is 0. The van der Waals surface area contributed by atoms with Crippen LogP contribution in [0.2, 0.25) is 0 Å². The van der Waals surface area contributed by atoms with Gasteiger partial charge in [0.15, 0.2) is 5.78 Å². The van der Waals surface area contributed by atoms with Crippen molar-refractivity contribution >= 4 is 29.0 Å². The molecule has 3 aromatic rings. The van der Waals surface area contributed by atoms with Crippen molar-refractivity contribution in [1.82, 2.24) is 0 Å². The van der Waals surface area contributed by atoms with Crippen LogP contribution in [0, 0.1) is 5.92 Å². The number of hydrogen-bond donors (Lipinski definition) is 0. The lowest BCUT2D eigenvalue weighted by molar-refractivity contribution is -0.116. The van der Waals surface area contributed by atoms with Gasteiger partial charge in [0.1, 0.15) is 29.3 Å². The predicted octanol–water partition coefficient (Wildman–Crippen LogP) is 4.99. The summed E-state index contributed by atoms with van der Waals surface area (Å²) in [5.74, 6) is 0.917. The van der Waals surface area contributed by atoms with Crippen LogP contribution in [0.3, 0.4) is 0 Å². The molecular formula is C25H28OP+. The Bertz CT molecular complexity index is 745. The van der Waals surface area contributed by atoms with Gasteiger partial charge in [-0.1, -0.05) is 68.4 Å². The molecule has 0 N–H and O–H groups in total. The quantitative estimate of drug-likeness (QED) is 0.507. The third-order valence-corrected chi connectivity index (χ3v) is 9.37. The summed E-state index contributed by atoms with van der Waals surface area (Å²) in [6, 6.07) is 31.9. The van der Waals surface area contributed by atoms with E-state index in [1.54, 1.807) is 0 Å². The highest BCUT2D eigenvalue weighted by atomic mass is 31.2. The van der Waals surface area contributed by atoms with E-state index in [-0.39, 0.29) is 0 Å². The number of carbonyl (C=O) groups is 1. The first kappa shape index (κ1) is 19.5. The van der Waals surface area contributed by atoms with Crippen molar-refractivity contribution in [2.24, 2.45) is 5.92 Å². The van der Waals surface area contributed by atoms with Crippen LogP contribution in [0.1, 0.15) is 26.7 Å². The fraction of sp³-hybridized carbons (Fsp3) is 0.240. The minimum Gasteiger partial charge on any atom is -0.296 e. The fourth-order valence-electron chi connectivity index (χ4n) is 3.56.